The average Bonchev–Trinajstić information content (AvgIpc) is 2.86. The monoisotopic (exact) mass is 601 g/mol. The number of aromatic hydroxyl groups is 1. The molecule has 0 aromatic heterocycles. The highest BCUT2D eigenvalue weighted by Crippen LogP contribution is 2.34. The fourth-order valence-electron chi connectivity index (χ4n) is 3.51. The number of methoxy groups -OCH3 is 1. The summed E-state index contributed by atoms with van der Waals surface area (Å²) in [6, 6.07) is 21.0. The van der Waals surface area contributed by atoms with Crippen molar-refractivity contribution in [3.8, 4) is 5.75 Å². The molecule has 0 fully saturated rings. The molecule has 2 atom stereocenters. The van der Waals surface area contributed by atoms with E-state index in [-0.39, 0.29) is 11.7 Å². The van der Waals surface area contributed by atoms with E-state index in [1.165, 1.54) is 13.2 Å². The van der Waals surface area contributed by atoms with Gasteiger partial charge in [0, 0.05) is 21.9 Å². The highest BCUT2D eigenvalue weighted by molar-refractivity contribution is 14.1. The van der Waals surface area contributed by atoms with Gasteiger partial charge in [-0.3, -0.25) is 10.1 Å². The number of nitrogens with two attached hydrogens (primary N) is 1. The zero-order chi connectivity index (χ0) is 25.9. The van der Waals surface area contributed by atoms with Crippen molar-refractivity contribution < 1.29 is 24.2 Å². The minimum absolute atomic E-state index is 0.00894. The van der Waals surface area contributed by atoms with Crippen LogP contribution in [-0.2, 0) is 14.3 Å². The van der Waals surface area contributed by atoms with Crippen LogP contribution in [0, 0.1) is 3.57 Å². The van der Waals surface area contributed by atoms with Gasteiger partial charge in [-0.05, 0) is 84.0 Å². The van der Waals surface area contributed by atoms with E-state index in [0.29, 0.717) is 35.5 Å². The predicted octanol–water partition coefficient (Wildman–Crippen LogP) is 5.86. The molecule has 0 radical (unpaired) electrons. The SMILES string of the molecule is CO[C@H](CC/C=C/C(=O)Nc1ccccc1N)[C@H](OC(=O)Nc1ccccc1)c1cc(I)ccc1O. The third kappa shape index (κ3) is 7.99. The van der Waals surface area contributed by atoms with E-state index in [4.69, 9.17) is 15.2 Å². The van der Waals surface area contributed by atoms with Gasteiger partial charge in [0.2, 0.25) is 5.91 Å². The minimum Gasteiger partial charge on any atom is -0.508 e. The predicted molar refractivity (Wildman–Crippen MR) is 149 cm³/mol. The third-order valence-corrected chi connectivity index (χ3v) is 5.97. The van der Waals surface area contributed by atoms with Gasteiger partial charge in [-0.2, -0.15) is 0 Å². The van der Waals surface area contributed by atoms with Gasteiger partial charge >= 0.3 is 6.09 Å². The van der Waals surface area contributed by atoms with E-state index >= 15 is 0 Å². The summed E-state index contributed by atoms with van der Waals surface area (Å²) in [6.07, 6.45) is 1.84. The summed E-state index contributed by atoms with van der Waals surface area (Å²) in [6.45, 7) is 0. The summed E-state index contributed by atoms with van der Waals surface area (Å²) in [7, 11) is 1.51. The first kappa shape index (κ1) is 27.0. The number of anilines is 3. The number of hydrogen-bond acceptors (Lipinski definition) is 6. The van der Waals surface area contributed by atoms with Gasteiger partial charge in [-0.1, -0.05) is 36.4 Å². The maximum absolute atomic E-state index is 12.7. The molecule has 9 heteroatoms. The maximum Gasteiger partial charge on any atom is 0.412 e. The van der Waals surface area contributed by atoms with Crippen LogP contribution in [0.25, 0.3) is 0 Å². The van der Waals surface area contributed by atoms with Gasteiger partial charge in [-0.15, -0.1) is 0 Å². The van der Waals surface area contributed by atoms with Crippen molar-refractivity contribution >= 4 is 51.7 Å². The number of benzene rings is 3. The Balaban J connectivity index is 1.69. The Bertz CT molecular complexity index is 1200. The summed E-state index contributed by atoms with van der Waals surface area (Å²) in [5.74, 6) is -0.322. The maximum atomic E-state index is 12.7. The van der Waals surface area contributed by atoms with Crippen LogP contribution in [-0.4, -0.2) is 30.3 Å². The highest BCUT2D eigenvalue weighted by atomic mass is 127. The first-order valence-electron chi connectivity index (χ1n) is 11.2. The zero-order valence-electron chi connectivity index (χ0n) is 19.7. The van der Waals surface area contributed by atoms with Gasteiger partial charge in [-0.25, -0.2) is 4.79 Å². The topological polar surface area (TPSA) is 123 Å². The normalized spacial score (nSPS) is 12.6. The molecular formula is C27H28IN3O5. The average molecular weight is 601 g/mol. The second kappa shape index (κ2) is 13.5. The van der Waals surface area contributed by atoms with E-state index in [1.807, 2.05) is 6.07 Å². The number of para-hydroxylation sites is 3. The molecule has 8 nitrogen and oxygen atoms in total. The molecule has 0 spiro atoms. The minimum atomic E-state index is -0.889. The summed E-state index contributed by atoms with van der Waals surface area (Å²) < 4.78 is 12.3. The van der Waals surface area contributed by atoms with Crippen LogP contribution in [0.3, 0.4) is 0 Å². The molecule has 3 aromatic carbocycles. The number of nitrogens with one attached hydrogen (secondary N) is 2. The number of amides is 2. The lowest BCUT2D eigenvalue weighted by atomic mass is 9.99. The number of phenols is 1. The van der Waals surface area contributed by atoms with Crippen LogP contribution < -0.4 is 16.4 Å². The standard InChI is InChI=1S/C27H28IN3O5/c1-35-24(13-7-8-14-25(33)31-22-12-6-5-11-21(22)29)26(20-17-18(28)15-16-23(20)32)36-27(34)30-19-9-3-2-4-10-19/h2-6,8-12,14-17,24,26,32H,7,13,29H2,1H3,(H,30,34)(H,31,33)/b14-8+/t24-,26-/m1/s1. The van der Waals surface area contributed by atoms with Crippen LogP contribution in [0.15, 0.2) is 84.9 Å². The molecule has 188 valence electrons. The Kier molecular flexibility index (Phi) is 10.1. The number of halogens is 1. The number of nitrogen functional groups attached to an aromatic ring is 1. The lowest BCUT2D eigenvalue weighted by molar-refractivity contribution is -0.111. The van der Waals surface area contributed by atoms with Crippen LogP contribution in [0.5, 0.6) is 5.75 Å². The molecule has 3 aromatic rings. The van der Waals surface area contributed by atoms with Crippen LogP contribution >= 0.6 is 22.6 Å². The van der Waals surface area contributed by atoms with Crippen molar-refractivity contribution in [2.75, 3.05) is 23.5 Å². The van der Waals surface area contributed by atoms with E-state index < -0.39 is 18.3 Å². The van der Waals surface area contributed by atoms with Crippen LogP contribution in [0.4, 0.5) is 21.9 Å². The summed E-state index contributed by atoms with van der Waals surface area (Å²) in [4.78, 5) is 24.9. The van der Waals surface area contributed by atoms with Gasteiger partial charge in [0.05, 0.1) is 17.5 Å². The largest absolute Gasteiger partial charge is 0.508 e. The van der Waals surface area contributed by atoms with E-state index in [2.05, 4.69) is 33.2 Å². The summed E-state index contributed by atoms with van der Waals surface area (Å²) >= 11 is 2.12. The molecule has 0 bridgehead atoms. The van der Waals surface area contributed by atoms with Crippen molar-refractivity contribution in [2.45, 2.75) is 25.0 Å². The Morgan fingerprint density at radius 1 is 1.06 bits per heavy atom. The molecule has 2 amide bonds. The molecule has 3 rings (SSSR count). The lowest BCUT2D eigenvalue weighted by Crippen LogP contribution is -2.28. The number of rotatable bonds is 10. The quantitative estimate of drug-likeness (QED) is 0.131. The second-order valence-corrected chi connectivity index (χ2v) is 9.10. The van der Waals surface area contributed by atoms with Crippen LogP contribution in [0.1, 0.15) is 24.5 Å². The summed E-state index contributed by atoms with van der Waals surface area (Å²) in [5.41, 5.74) is 7.88. The van der Waals surface area contributed by atoms with Crippen molar-refractivity contribution in [3.05, 3.63) is 94.1 Å². The molecular weight excluding hydrogens is 573 g/mol. The fourth-order valence-corrected chi connectivity index (χ4v) is 4.02. The highest BCUT2D eigenvalue weighted by Gasteiger charge is 2.29. The lowest BCUT2D eigenvalue weighted by Gasteiger charge is -2.27. The molecule has 5 N–H and O–H groups in total. The number of allylic oxidation sites excluding steroid dienone is 1. The third-order valence-electron chi connectivity index (χ3n) is 5.30. The Labute approximate surface area is 223 Å². The van der Waals surface area contributed by atoms with E-state index in [9.17, 15) is 14.7 Å². The second-order valence-electron chi connectivity index (χ2n) is 7.85. The number of carbonyl (C=O) groups is 2. The number of hydrogen-bond donors (Lipinski definition) is 4. The summed E-state index contributed by atoms with van der Waals surface area (Å²) in [5, 5.41) is 15.9. The van der Waals surface area contributed by atoms with Crippen LogP contribution in [0.2, 0.25) is 0 Å². The fraction of sp³-hybridized carbons (Fsp3) is 0.185. The molecule has 36 heavy (non-hydrogen) atoms. The smallest absolute Gasteiger partial charge is 0.412 e. The zero-order valence-corrected chi connectivity index (χ0v) is 21.8. The first-order chi connectivity index (χ1) is 17.4. The Hall–Kier alpha value is -3.57. The van der Waals surface area contributed by atoms with Gasteiger partial charge in [0.1, 0.15) is 5.75 Å². The Morgan fingerprint density at radius 2 is 1.78 bits per heavy atom. The number of phenolic OH excluding ortho intramolecular Hbond substituents is 1. The van der Waals surface area contributed by atoms with Crippen molar-refractivity contribution in [2.24, 2.45) is 0 Å². The van der Waals surface area contributed by atoms with Gasteiger partial charge in [0.15, 0.2) is 6.10 Å². The number of ether oxygens (including phenoxy) is 2. The number of carbonyl (C=O) groups excluding carboxylic acids is 2. The van der Waals surface area contributed by atoms with Crippen molar-refractivity contribution in [1.82, 2.24) is 0 Å². The van der Waals surface area contributed by atoms with E-state index in [1.54, 1.807) is 72.8 Å². The van der Waals surface area contributed by atoms with Crippen molar-refractivity contribution in [3.63, 3.8) is 0 Å². The molecule has 0 aliphatic carbocycles. The molecule has 0 aliphatic rings. The first-order valence-corrected chi connectivity index (χ1v) is 12.3. The molecule has 0 aliphatic heterocycles. The van der Waals surface area contributed by atoms with E-state index in [0.717, 1.165) is 3.57 Å². The van der Waals surface area contributed by atoms with Crippen molar-refractivity contribution in [1.29, 1.82) is 0 Å². The molecule has 0 unspecified atom stereocenters. The van der Waals surface area contributed by atoms with Gasteiger partial charge < -0.3 is 25.6 Å². The molecule has 0 saturated carbocycles. The van der Waals surface area contributed by atoms with Gasteiger partial charge in [0.25, 0.3) is 0 Å². The molecule has 0 heterocycles. The Morgan fingerprint density at radius 3 is 2.50 bits per heavy atom. The molecule has 0 saturated heterocycles.